The molecule has 0 aliphatic heterocycles. The molecule has 0 aromatic carbocycles. The first-order valence-electron chi connectivity index (χ1n) is 4.50. The molecular formula is C7H15N3O5S. The van der Waals surface area contributed by atoms with Crippen LogP contribution >= 0.6 is 0 Å². The second-order valence-electron chi connectivity index (χ2n) is 3.18. The fourth-order valence-corrected chi connectivity index (χ4v) is 1.33. The highest BCUT2D eigenvalue weighted by molar-refractivity contribution is 7.89. The summed E-state index contributed by atoms with van der Waals surface area (Å²) >= 11 is 0. The van der Waals surface area contributed by atoms with Crippen LogP contribution in [0.5, 0.6) is 0 Å². The van der Waals surface area contributed by atoms with Crippen molar-refractivity contribution in [2.24, 2.45) is 5.14 Å². The number of carboxylic acids is 1. The van der Waals surface area contributed by atoms with Crippen LogP contribution in [0.2, 0.25) is 0 Å². The fourth-order valence-electron chi connectivity index (χ4n) is 0.785. The van der Waals surface area contributed by atoms with Gasteiger partial charge >= 0.3 is 12.0 Å². The van der Waals surface area contributed by atoms with E-state index in [4.69, 9.17) is 10.2 Å². The van der Waals surface area contributed by atoms with E-state index in [2.05, 4.69) is 10.6 Å². The molecule has 16 heavy (non-hydrogen) atoms. The van der Waals surface area contributed by atoms with Gasteiger partial charge < -0.3 is 15.7 Å². The third-order valence-corrected chi connectivity index (χ3v) is 2.47. The fraction of sp³-hybridized carbons (Fsp3) is 0.714. The van der Waals surface area contributed by atoms with Crippen molar-refractivity contribution in [3.63, 3.8) is 0 Å². The van der Waals surface area contributed by atoms with E-state index in [0.29, 0.717) is 0 Å². The lowest BCUT2D eigenvalue weighted by atomic mass is 10.3. The molecule has 1 atom stereocenters. The SMILES string of the molecule is C[C@@H](NC(=O)NCCCS(N)(=O)=O)C(=O)O. The zero-order valence-electron chi connectivity index (χ0n) is 8.76. The van der Waals surface area contributed by atoms with Crippen LogP contribution in [0.4, 0.5) is 4.79 Å². The molecule has 0 saturated heterocycles. The van der Waals surface area contributed by atoms with Gasteiger partial charge in [0.15, 0.2) is 0 Å². The summed E-state index contributed by atoms with van der Waals surface area (Å²) in [4.78, 5) is 21.4. The highest BCUT2D eigenvalue weighted by atomic mass is 32.2. The number of amides is 2. The van der Waals surface area contributed by atoms with Crippen molar-refractivity contribution in [3.05, 3.63) is 0 Å². The first-order chi connectivity index (χ1) is 7.22. The number of carboxylic acid groups (broad SMARTS) is 1. The first-order valence-corrected chi connectivity index (χ1v) is 6.21. The molecule has 94 valence electrons. The highest BCUT2D eigenvalue weighted by Gasteiger charge is 2.13. The molecule has 0 spiro atoms. The molecule has 0 aliphatic rings. The Bertz CT molecular complexity index is 353. The predicted molar refractivity (Wildman–Crippen MR) is 56.2 cm³/mol. The molecule has 0 rings (SSSR count). The lowest BCUT2D eigenvalue weighted by Crippen LogP contribution is -2.44. The van der Waals surface area contributed by atoms with Gasteiger partial charge in [-0.05, 0) is 13.3 Å². The van der Waals surface area contributed by atoms with Crippen LogP contribution in [0, 0.1) is 0 Å². The Balaban J connectivity index is 3.71. The number of nitrogens with one attached hydrogen (secondary N) is 2. The summed E-state index contributed by atoms with van der Waals surface area (Å²) in [5.74, 6) is -1.39. The Morgan fingerprint density at radius 3 is 2.44 bits per heavy atom. The minimum absolute atomic E-state index is 0.106. The molecular weight excluding hydrogens is 238 g/mol. The van der Waals surface area contributed by atoms with Crippen LogP contribution in [0.1, 0.15) is 13.3 Å². The summed E-state index contributed by atoms with van der Waals surface area (Å²) < 4.78 is 21.0. The number of hydrogen-bond donors (Lipinski definition) is 4. The van der Waals surface area contributed by atoms with Gasteiger partial charge in [-0.1, -0.05) is 0 Å². The normalized spacial score (nSPS) is 12.9. The first kappa shape index (κ1) is 14.6. The van der Waals surface area contributed by atoms with Gasteiger partial charge in [-0.15, -0.1) is 0 Å². The number of aliphatic carboxylic acids is 1. The number of nitrogens with two attached hydrogens (primary N) is 1. The maximum atomic E-state index is 11.0. The quantitative estimate of drug-likeness (QED) is 0.424. The van der Waals surface area contributed by atoms with E-state index in [1.54, 1.807) is 0 Å². The number of rotatable bonds is 6. The Kier molecular flexibility index (Phi) is 5.75. The van der Waals surface area contributed by atoms with E-state index in [1.807, 2.05) is 0 Å². The summed E-state index contributed by atoms with van der Waals surface area (Å²) in [6.07, 6.45) is 0.174. The second-order valence-corrected chi connectivity index (χ2v) is 4.91. The number of primary sulfonamides is 1. The lowest BCUT2D eigenvalue weighted by Gasteiger charge is -2.10. The molecule has 0 saturated carbocycles. The third kappa shape index (κ3) is 8.00. The smallest absolute Gasteiger partial charge is 0.325 e. The minimum Gasteiger partial charge on any atom is -0.480 e. The summed E-state index contributed by atoms with van der Waals surface area (Å²) in [5, 5.41) is 17.7. The van der Waals surface area contributed by atoms with Gasteiger partial charge in [0.2, 0.25) is 10.0 Å². The van der Waals surface area contributed by atoms with E-state index in [-0.39, 0.29) is 18.7 Å². The maximum Gasteiger partial charge on any atom is 0.325 e. The van der Waals surface area contributed by atoms with Crippen molar-refractivity contribution in [2.45, 2.75) is 19.4 Å². The number of hydrogen-bond acceptors (Lipinski definition) is 4. The van der Waals surface area contributed by atoms with Crippen molar-refractivity contribution < 1.29 is 23.1 Å². The van der Waals surface area contributed by atoms with Gasteiger partial charge in [0.1, 0.15) is 6.04 Å². The topological polar surface area (TPSA) is 139 Å². The summed E-state index contributed by atoms with van der Waals surface area (Å²) in [6, 6.07) is -1.66. The maximum absolute atomic E-state index is 11.0. The highest BCUT2D eigenvalue weighted by Crippen LogP contribution is 1.84. The van der Waals surface area contributed by atoms with Crippen LogP contribution in [-0.2, 0) is 14.8 Å². The Labute approximate surface area is 93.2 Å². The molecule has 0 aromatic rings. The summed E-state index contributed by atoms with van der Waals surface area (Å²) in [5.41, 5.74) is 0. The van der Waals surface area contributed by atoms with E-state index < -0.39 is 28.1 Å². The predicted octanol–water partition coefficient (Wildman–Crippen LogP) is -1.56. The van der Waals surface area contributed by atoms with E-state index in [9.17, 15) is 18.0 Å². The van der Waals surface area contributed by atoms with Gasteiger partial charge in [0.05, 0.1) is 5.75 Å². The van der Waals surface area contributed by atoms with Crippen molar-refractivity contribution >= 4 is 22.0 Å². The Morgan fingerprint density at radius 1 is 1.44 bits per heavy atom. The van der Waals surface area contributed by atoms with Crippen LogP contribution < -0.4 is 15.8 Å². The zero-order valence-corrected chi connectivity index (χ0v) is 9.58. The van der Waals surface area contributed by atoms with Crippen LogP contribution in [0.15, 0.2) is 0 Å². The number of carbonyl (C=O) groups is 2. The van der Waals surface area contributed by atoms with Gasteiger partial charge in [0.25, 0.3) is 0 Å². The summed E-state index contributed by atoms with van der Waals surface area (Å²) in [7, 11) is -3.52. The van der Waals surface area contributed by atoms with Crippen LogP contribution in [0.25, 0.3) is 0 Å². The van der Waals surface area contributed by atoms with Crippen LogP contribution in [-0.4, -0.2) is 43.9 Å². The Morgan fingerprint density at radius 2 is 2.00 bits per heavy atom. The molecule has 9 heteroatoms. The van der Waals surface area contributed by atoms with Gasteiger partial charge in [-0.3, -0.25) is 4.79 Å². The second kappa shape index (κ2) is 6.28. The largest absolute Gasteiger partial charge is 0.480 e. The molecule has 5 N–H and O–H groups in total. The number of carbonyl (C=O) groups excluding carboxylic acids is 1. The van der Waals surface area contributed by atoms with Crippen molar-refractivity contribution in [1.82, 2.24) is 10.6 Å². The third-order valence-electron chi connectivity index (χ3n) is 1.61. The van der Waals surface area contributed by atoms with Gasteiger partial charge in [-0.25, -0.2) is 18.4 Å². The molecule has 0 bridgehead atoms. The molecule has 0 heterocycles. The molecule has 2 amide bonds. The zero-order chi connectivity index (χ0) is 12.8. The molecule has 0 radical (unpaired) electrons. The van der Waals surface area contributed by atoms with E-state index >= 15 is 0 Å². The van der Waals surface area contributed by atoms with E-state index in [0.717, 1.165) is 0 Å². The molecule has 0 aromatic heterocycles. The van der Waals surface area contributed by atoms with Crippen molar-refractivity contribution in [2.75, 3.05) is 12.3 Å². The van der Waals surface area contributed by atoms with Crippen molar-refractivity contribution in [1.29, 1.82) is 0 Å². The lowest BCUT2D eigenvalue weighted by molar-refractivity contribution is -0.138. The average molecular weight is 253 g/mol. The molecule has 0 aliphatic carbocycles. The monoisotopic (exact) mass is 253 g/mol. The van der Waals surface area contributed by atoms with Crippen LogP contribution in [0.3, 0.4) is 0 Å². The minimum atomic E-state index is -3.52. The molecule has 8 nitrogen and oxygen atoms in total. The molecule has 0 fully saturated rings. The summed E-state index contributed by atoms with van der Waals surface area (Å²) in [6.45, 7) is 1.42. The number of sulfonamides is 1. The van der Waals surface area contributed by atoms with Gasteiger partial charge in [-0.2, -0.15) is 0 Å². The number of urea groups is 1. The molecule has 0 unspecified atom stereocenters. The average Bonchev–Trinajstić information content (AvgIpc) is 2.10. The van der Waals surface area contributed by atoms with Gasteiger partial charge in [0, 0.05) is 6.54 Å². The Hall–Kier alpha value is -1.35. The standard InChI is InChI=1S/C7H15N3O5S/c1-5(6(11)12)10-7(13)9-3-2-4-16(8,14)15/h5H,2-4H2,1H3,(H,11,12)(H2,8,14,15)(H2,9,10,13)/t5-/m1/s1. The van der Waals surface area contributed by atoms with Crippen molar-refractivity contribution in [3.8, 4) is 0 Å². The van der Waals surface area contributed by atoms with E-state index in [1.165, 1.54) is 6.92 Å².